The number of aliphatic hydroxyl groups is 1. The Labute approximate surface area is 102 Å². The van der Waals surface area contributed by atoms with E-state index in [9.17, 15) is 0 Å². The standard InChI is InChI=1S/C12H21N3O2/c1-17-8-6-15(5-7-16)10-11-3-2-4-14-12(11)9-13/h2-4,16H,5-10,13H2,1H3. The summed E-state index contributed by atoms with van der Waals surface area (Å²) in [5.74, 6) is 0. The summed E-state index contributed by atoms with van der Waals surface area (Å²) in [6.07, 6.45) is 1.75. The van der Waals surface area contributed by atoms with Crippen molar-refractivity contribution in [1.29, 1.82) is 0 Å². The SMILES string of the molecule is COCCN(CCO)Cc1cccnc1CN. The Bertz CT molecular complexity index is 320. The van der Waals surface area contributed by atoms with Crippen molar-refractivity contribution in [2.24, 2.45) is 5.73 Å². The van der Waals surface area contributed by atoms with Crippen molar-refractivity contribution in [3.63, 3.8) is 0 Å². The van der Waals surface area contributed by atoms with Crippen LogP contribution >= 0.6 is 0 Å². The first-order chi connectivity index (χ1) is 8.31. The zero-order chi connectivity index (χ0) is 12.5. The summed E-state index contributed by atoms with van der Waals surface area (Å²) >= 11 is 0. The van der Waals surface area contributed by atoms with Gasteiger partial charge in [0.05, 0.1) is 18.9 Å². The molecule has 0 unspecified atom stereocenters. The first-order valence-corrected chi connectivity index (χ1v) is 5.76. The van der Waals surface area contributed by atoms with Gasteiger partial charge in [-0.05, 0) is 11.6 Å². The lowest BCUT2D eigenvalue weighted by Crippen LogP contribution is -2.30. The molecular formula is C12H21N3O2. The summed E-state index contributed by atoms with van der Waals surface area (Å²) in [6, 6.07) is 3.92. The summed E-state index contributed by atoms with van der Waals surface area (Å²) < 4.78 is 5.05. The van der Waals surface area contributed by atoms with Gasteiger partial charge in [0.2, 0.25) is 0 Å². The number of nitrogens with two attached hydrogens (primary N) is 1. The number of hydrogen-bond donors (Lipinski definition) is 2. The summed E-state index contributed by atoms with van der Waals surface area (Å²) in [6.45, 7) is 3.39. The van der Waals surface area contributed by atoms with Gasteiger partial charge in [-0.1, -0.05) is 6.07 Å². The zero-order valence-corrected chi connectivity index (χ0v) is 10.3. The summed E-state index contributed by atoms with van der Waals surface area (Å²) in [4.78, 5) is 6.37. The highest BCUT2D eigenvalue weighted by Gasteiger charge is 2.08. The smallest absolute Gasteiger partial charge is 0.0589 e. The molecule has 1 aromatic heterocycles. The minimum atomic E-state index is 0.141. The van der Waals surface area contributed by atoms with Crippen LogP contribution in [0.4, 0.5) is 0 Å². The van der Waals surface area contributed by atoms with E-state index in [0.29, 0.717) is 19.7 Å². The molecule has 0 saturated carbocycles. The molecule has 0 aliphatic rings. The van der Waals surface area contributed by atoms with Gasteiger partial charge in [0.15, 0.2) is 0 Å². The monoisotopic (exact) mass is 239 g/mol. The third kappa shape index (κ3) is 4.79. The van der Waals surface area contributed by atoms with Gasteiger partial charge < -0.3 is 15.6 Å². The van der Waals surface area contributed by atoms with Crippen LogP contribution in [0.25, 0.3) is 0 Å². The average Bonchev–Trinajstić information content (AvgIpc) is 2.37. The van der Waals surface area contributed by atoms with Crippen molar-refractivity contribution in [3.05, 3.63) is 29.6 Å². The Morgan fingerprint density at radius 3 is 2.94 bits per heavy atom. The molecule has 5 nitrogen and oxygen atoms in total. The average molecular weight is 239 g/mol. The lowest BCUT2D eigenvalue weighted by atomic mass is 10.2. The third-order valence-electron chi connectivity index (χ3n) is 2.60. The predicted molar refractivity (Wildman–Crippen MR) is 66.4 cm³/mol. The van der Waals surface area contributed by atoms with E-state index in [1.54, 1.807) is 13.3 Å². The minimum Gasteiger partial charge on any atom is -0.395 e. The molecule has 0 aromatic carbocycles. The van der Waals surface area contributed by atoms with Crippen molar-refractivity contribution < 1.29 is 9.84 Å². The number of nitrogens with zero attached hydrogens (tertiary/aromatic N) is 2. The Hall–Kier alpha value is -1.01. The molecule has 1 aromatic rings. The second-order valence-electron chi connectivity index (χ2n) is 3.81. The van der Waals surface area contributed by atoms with Crippen molar-refractivity contribution in [1.82, 2.24) is 9.88 Å². The fourth-order valence-electron chi connectivity index (χ4n) is 1.67. The Balaban J connectivity index is 2.63. The Kier molecular flexibility index (Phi) is 6.73. The highest BCUT2D eigenvalue weighted by Crippen LogP contribution is 2.08. The first-order valence-electron chi connectivity index (χ1n) is 5.76. The van der Waals surface area contributed by atoms with Crippen LogP contribution in [0, 0.1) is 0 Å². The lowest BCUT2D eigenvalue weighted by molar-refractivity contribution is 0.126. The molecule has 0 amide bonds. The molecule has 3 N–H and O–H groups in total. The predicted octanol–water partition coefficient (Wildman–Crippen LogP) is -0.0190. The van der Waals surface area contributed by atoms with Crippen LogP contribution in [0.3, 0.4) is 0 Å². The van der Waals surface area contributed by atoms with Gasteiger partial charge in [0, 0.05) is 39.5 Å². The number of methoxy groups -OCH3 is 1. The molecule has 0 saturated heterocycles. The van der Waals surface area contributed by atoms with Gasteiger partial charge in [-0.3, -0.25) is 9.88 Å². The molecule has 1 heterocycles. The van der Waals surface area contributed by atoms with Crippen molar-refractivity contribution in [2.45, 2.75) is 13.1 Å². The van der Waals surface area contributed by atoms with Crippen LogP contribution in [-0.4, -0.2) is 48.4 Å². The molecule has 0 bridgehead atoms. The van der Waals surface area contributed by atoms with E-state index in [-0.39, 0.29) is 6.61 Å². The van der Waals surface area contributed by atoms with E-state index in [0.717, 1.165) is 24.3 Å². The van der Waals surface area contributed by atoms with Gasteiger partial charge in [0.1, 0.15) is 0 Å². The molecule has 5 heteroatoms. The fourth-order valence-corrected chi connectivity index (χ4v) is 1.67. The van der Waals surface area contributed by atoms with Crippen molar-refractivity contribution >= 4 is 0 Å². The van der Waals surface area contributed by atoms with Crippen LogP contribution in [0.2, 0.25) is 0 Å². The molecular weight excluding hydrogens is 218 g/mol. The van der Waals surface area contributed by atoms with Gasteiger partial charge in [0.25, 0.3) is 0 Å². The van der Waals surface area contributed by atoms with Gasteiger partial charge >= 0.3 is 0 Å². The van der Waals surface area contributed by atoms with E-state index in [4.69, 9.17) is 15.6 Å². The number of aromatic nitrogens is 1. The molecule has 96 valence electrons. The highest BCUT2D eigenvalue weighted by atomic mass is 16.5. The third-order valence-corrected chi connectivity index (χ3v) is 2.60. The van der Waals surface area contributed by atoms with Crippen LogP contribution < -0.4 is 5.73 Å². The van der Waals surface area contributed by atoms with Gasteiger partial charge in [-0.25, -0.2) is 0 Å². The van der Waals surface area contributed by atoms with E-state index >= 15 is 0 Å². The maximum atomic E-state index is 9.02. The van der Waals surface area contributed by atoms with Gasteiger partial charge in [-0.15, -0.1) is 0 Å². The van der Waals surface area contributed by atoms with E-state index in [1.807, 2.05) is 12.1 Å². The highest BCUT2D eigenvalue weighted by molar-refractivity contribution is 5.19. The molecule has 0 aliphatic heterocycles. The largest absolute Gasteiger partial charge is 0.395 e. The lowest BCUT2D eigenvalue weighted by Gasteiger charge is -2.21. The van der Waals surface area contributed by atoms with Crippen LogP contribution in [0.1, 0.15) is 11.3 Å². The molecule has 0 aliphatic carbocycles. The van der Waals surface area contributed by atoms with Crippen LogP contribution in [0.5, 0.6) is 0 Å². The molecule has 1 rings (SSSR count). The summed E-state index contributed by atoms with van der Waals surface area (Å²) in [7, 11) is 1.67. The molecule has 0 spiro atoms. The quantitative estimate of drug-likeness (QED) is 0.667. The summed E-state index contributed by atoms with van der Waals surface area (Å²) in [5.41, 5.74) is 7.67. The van der Waals surface area contributed by atoms with Crippen LogP contribution in [-0.2, 0) is 17.8 Å². The number of hydrogen-bond acceptors (Lipinski definition) is 5. The second-order valence-corrected chi connectivity index (χ2v) is 3.81. The molecule has 0 atom stereocenters. The number of rotatable bonds is 8. The number of aliphatic hydroxyl groups excluding tert-OH is 1. The molecule has 0 radical (unpaired) electrons. The van der Waals surface area contributed by atoms with Crippen molar-refractivity contribution in [3.8, 4) is 0 Å². The maximum absolute atomic E-state index is 9.02. The van der Waals surface area contributed by atoms with E-state index in [1.165, 1.54) is 0 Å². The number of pyridine rings is 1. The van der Waals surface area contributed by atoms with Gasteiger partial charge in [-0.2, -0.15) is 0 Å². The second kappa shape index (κ2) is 8.14. The minimum absolute atomic E-state index is 0.141. The Morgan fingerprint density at radius 2 is 2.29 bits per heavy atom. The van der Waals surface area contributed by atoms with E-state index in [2.05, 4.69) is 9.88 Å². The first kappa shape index (κ1) is 14.1. The normalized spacial score (nSPS) is 11.1. The molecule has 0 fully saturated rings. The molecule has 17 heavy (non-hydrogen) atoms. The Morgan fingerprint density at radius 1 is 1.47 bits per heavy atom. The number of ether oxygens (including phenoxy) is 1. The fraction of sp³-hybridized carbons (Fsp3) is 0.583. The zero-order valence-electron chi connectivity index (χ0n) is 10.3. The van der Waals surface area contributed by atoms with Crippen LogP contribution in [0.15, 0.2) is 18.3 Å². The van der Waals surface area contributed by atoms with E-state index < -0.39 is 0 Å². The maximum Gasteiger partial charge on any atom is 0.0589 e. The summed E-state index contributed by atoms with van der Waals surface area (Å²) in [5, 5.41) is 9.02. The topological polar surface area (TPSA) is 71.6 Å². The van der Waals surface area contributed by atoms with Crippen molar-refractivity contribution in [2.75, 3.05) is 33.4 Å².